The summed E-state index contributed by atoms with van der Waals surface area (Å²) in [5, 5.41) is 18.8. The number of phenols is 1. The molecule has 17 heavy (non-hydrogen) atoms. The van der Waals surface area contributed by atoms with Crippen molar-refractivity contribution < 1.29 is 14.9 Å². The summed E-state index contributed by atoms with van der Waals surface area (Å²) in [6.07, 6.45) is 1.69. The zero-order chi connectivity index (χ0) is 12.5. The maximum atomic E-state index is 9.42. The zero-order valence-electron chi connectivity index (χ0n) is 9.92. The van der Waals surface area contributed by atoms with Crippen LogP contribution in [0.2, 0.25) is 0 Å². The lowest BCUT2D eigenvalue weighted by Gasteiger charge is -2.18. The van der Waals surface area contributed by atoms with E-state index in [1.165, 1.54) is 0 Å². The van der Waals surface area contributed by atoms with E-state index in [1.807, 2.05) is 4.57 Å². The number of hydrogen-bond acceptors (Lipinski definition) is 4. The topological polar surface area (TPSA) is 67.5 Å². The third-order valence-corrected chi connectivity index (χ3v) is 2.39. The second-order valence-electron chi connectivity index (χ2n) is 4.41. The second-order valence-corrected chi connectivity index (χ2v) is 4.41. The summed E-state index contributed by atoms with van der Waals surface area (Å²) in [5.41, 5.74) is 1.68. The van der Waals surface area contributed by atoms with Crippen molar-refractivity contribution in [1.82, 2.24) is 9.55 Å². The maximum Gasteiger partial charge on any atom is 0.159 e. The van der Waals surface area contributed by atoms with Crippen LogP contribution in [0.1, 0.15) is 13.8 Å². The lowest BCUT2D eigenvalue weighted by Crippen LogP contribution is -2.25. The molecule has 5 nitrogen and oxygen atoms in total. The van der Waals surface area contributed by atoms with Crippen LogP contribution in [0, 0.1) is 0 Å². The van der Waals surface area contributed by atoms with Crippen molar-refractivity contribution in [3.63, 3.8) is 0 Å². The van der Waals surface area contributed by atoms with Crippen LogP contribution < -0.4 is 0 Å². The molecule has 0 aliphatic heterocycles. The van der Waals surface area contributed by atoms with E-state index in [-0.39, 0.29) is 5.75 Å². The SMILES string of the molecule is CC(C)(O)OCCn1cnc2ccc(O)cc21. The van der Waals surface area contributed by atoms with Crippen LogP contribution in [-0.4, -0.2) is 32.2 Å². The summed E-state index contributed by atoms with van der Waals surface area (Å²) in [5.74, 6) is -0.916. The van der Waals surface area contributed by atoms with Crippen molar-refractivity contribution in [1.29, 1.82) is 0 Å². The van der Waals surface area contributed by atoms with E-state index in [0.717, 1.165) is 11.0 Å². The predicted molar refractivity (Wildman–Crippen MR) is 63.6 cm³/mol. The molecule has 0 unspecified atom stereocenters. The van der Waals surface area contributed by atoms with Gasteiger partial charge in [0.1, 0.15) is 5.75 Å². The lowest BCUT2D eigenvalue weighted by molar-refractivity contribution is -0.177. The molecule has 0 atom stereocenters. The van der Waals surface area contributed by atoms with Crippen LogP contribution in [0.25, 0.3) is 11.0 Å². The van der Waals surface area contributed by atoms with Crippen LogP contribution >= 0.6 is 0 Å². The number of aliphatic hydroxyl groups is 1. The van der Waals surface area contributed by atoms with Crippen molar-refractivity contribution in [2.24, 2.45) is 0 Å². The molecule has 92 valence electrons. The minimum Gasteiger partial charge on any atom is -0.508 e. The first-order chi connectivity index (χ1) is 7.96. The number of hydrogen-bond donors (Lipinski definition) is 2. The van der Waals surface area contributed by atoms with E-state index in [2.05, 4.69) is 4.98 Å². The fraction of sp³-hybridized carbons (Fsp3) is 0.417. The summed E-state index contributed by atoms with van der Waals surface area (Å²) >= 11 is 0. The summed E-state index contributed by atoms with van der Waals surface area (Å²) in [4.78, 5) is 4.21. The van der Waals surface area contributed by atoms with Gasteiger partial charge in [-0.15, -0.1) is 0 Å². The molecule has 1 aromatic carbocycles. The first kappa shape index (κ1) is 11.9. The normalized spacial score (nSPS) is 12.2. The number of benzene rings is 1. The summed E-state index contributed by atoms with van der Waals surface area (Å²) in [6.45, 7) is 4.13. The monoisotopic (exact) mass is 236 g/mol. The number of imidazole rings is 1. The third-order valence-electron chi connectivity index (χ3n) is 2.39. The molecule has 2 N–H and O–H groups in total. The molecule has 5 heteroatoms. The molecular formula is C12H16N2O3. The number of fused-ring (bicyclic) bond motifs is 1. The highest BCUT2D eigenvalue weighted by Crippen LogP contribution is 2.18. The van der Waals surface area contributed by atoms with Crippen LogP contribution in [0.4, 0.5) is 0 Å². The van der Waals surface area contributed by atoms with Crippen LogP contribution in [0.15, 0.2) is 24.5 Å². The van der Waals surface area contributed by atoms with Gasteiger partial charge in [0, 0.05) is 12.6 Å². The number of nitrogens with zero attached hydrogens (tertiary/aromatic N) is 2. The van der Waals surface area contributed by atoms with Crippen molar-refractivity contribution in [3.05, 3.63) is 24.5 Å². The van der Waals surface area contributed by atoms with Gasteiger partial charge in [0.2, 0.25) is 0 Å². The van der Waals surface area contributed by atoms with Gasteiger partial charge < -0.3 is 19.5 Å². The maximum absolute atomic E-state index is 9.42. The van der Waals surface area contributed by atoms with Gasteiger partial charge in [-0.05, 0) is 26.0 Å². The summed E-state index contributed by atoms with van der Waals surface area (Å²) in [6, 6.07) is 5.03. The van der Waals surface area contributed by atoms with Gasteiger partial charge >= 0.3 is 0 Å². The highest BCUT2D eigenvalue weighted by Gasteiger charge is 2.12. The Balaban J connectivity index is 2.11. The van der Waals surface area contributed by atoms with Gasteiger partial charge in [-0.1, -0.05) is 0 Å². The van der Waals surface area contributed by atoms with E-state index in [4.69, 9.17) is 4.74 Å². The molecule has 0 spiro atoms. The summed E-state index contributed by atoms with van der Waals surface area (Å²) in [7, 11) is 0. The van der Waals surface area contributed by atoms with Crippen molar-refractivity contribution in [2.75, 3.05) is 6.61 Å². The average molecular weight is 236 g/mol. The van der Waals surface area contributed by atoms with Crippen molar-refractivity contribution >= 4 is 11.0 Å². The minimum atomic E-state index is -1.13. The molecule has 0 aliphatic rings. The highest BCUT2D eigenvalue weighted by atomic mass is 16.6. The molecule has 2 rings (SSSR count). The minimum absolute atomic E-state index is 0.211. The fourth-order valence-electron chi connectivity index (χ4n) is 1.62. The summed E-state index contributed by atoms with van der Waals surface area (Å²) < 4.78 is 7.10. The molecular weight excluding hydrogens is 220 g/mol. The van der Waals surface area contributed by atoms with E-state index in [1.54, 1.807) is 38.4 Å². The van der Waals surface area contributed by atoms with Crippen molar-refractivity contribution in [3.8, 4) is 5.75 Å². The Morgan fingerprint density at radius 1 is 1.41 bits per heavy atom. The number of rotatable bonds is 4. The van der Waals surface area contributed by atoms with Gasteiger partial charge in [0.15, 0.2) is 5.79 Å². The highest BCUT2D eigenvalue weighted by molar-refractivity contribution is 5.76. The second kappa shape index (κ2) is 4.35. The Hall–Kier alpha value is -1.59. The Kier molecular flexibility index (Phi) is 3.04. The molecule has 0 saturated carbocycles. The van der Waals surface area contributed by atoms with E-state index in [0.29, 0.717) is 13.2 Å². The van der Waals surface area contributed by atoms with Gasteiger partial charge in [-0.3, -0.25) is 0 Å². The standard InChI is InChI=1S/C12H16N2O3/c1-12(2,16)17-6-5-14-8-13-10-4-3-9(15)7-11(10)14/h3-4,7-8,15-16H,5-6H2,1-2H3. The van der Waals surface area contributed by atoms with Gasteiger partial charge in [0.25, 0.3) is 0 Å². The van der Waals surface area contributed by atoms with E-state index in [9.17, 15) is 10.2 Å². The molecule has 0 fully saturated rings. The van der Waals surface area contributed by atoms with Crippen molar-refractivity contribution in [2.45, 2.75) is 26.2 Å². The molecule has 2 aromatic rings. The number of aromatic nitrogens is 2. The molecule has 1 aromatic heterocycles. The first-order valence-electron chi connectivity index (χ1n) is 5.46. The van der Waals surface area contributed by atoms with Gasteiger partial charge in [-0.25, -0.2) is 4.98 Å². The lowest BCUT2D eigenvalue weighted by atomic mass is 10.3. The van der Waals surface area contributed by atoms with E-state index >= 15 is 0 Å². The van der Waals surface area contributed by atoms with Crippen LogP contribution in [-0.2, 0) is 11.3 Å². The predicted octanol–water partition coefficient (Wildman–Crippen LogP) is 1.49. The Bertz CT molecular complexity index is 514. The number of phenolic OH excluding ortho intramolecular Hbond substituents is 1. The van der Waals surface area contributed by atoms with Crippen LogP contribution in [0.5, 0.6) is 5.75 Å². The Labute approximate surface area is 99.3 Å². The van der Waals surface area contributed by atoms with E-state index < -0.39 is 5.79 Å². The molecule has 0 bridgehead atoms. The van der Waals surface area contributed by atoms with Crippen LogP contribution in [0.3, 0.4) is 0 Å². The molecule has 0 saturated heterocycles. The van der Waals surface area contributed by atoms with Gasteiger partial charge in [0.05, 0.1) is 24.0 Å². The van der Waals surface area contributed by atoms with Gasteiger partial charge in [-0.2, -0.15) is 0 Å². The quantitative estimate of drug-likeness (QED) is 0.789. The molecule has 0 radical (unpaired) electrons. The average Bonchev–Trinajstić information content (AvgIpc) is 2.59. The zero-order valence-corrected chi connectivity index (χ0v) is 9.92. The molecule has 0 amide bonds. The fourth-order valence-corrected chi connectivity index (χ4v) is 1.62. The molecule has 0 aliphatic carbocycles. The molecule has 1 heterocycles. The third kappa shape index (κ3) is 2.95. The first-order valence-corrected chi connectivity index (χ1v) is 5.46. The smallest absolute Gasteiger partial charge is 0.159 e. The number of aromatic hydroxyl groups is 1. The number of ether oxygens (including phenoxy) is 1. The Morgan fingerprint density at radius 3 is 2.88 bits per heavy atom. The Morgan fingerprint density at radius 2 is 2.18 bits per heavy atom. The largest absolute Gasteiger partial charge is 0.508 e.